The lowest BCUT2D eigenvalue weighted by Crippen LogP contribution is -2.38. The van der Waals surface area contributed by atoms with Crippen molar-refractivity contribution >= 4 is 17.4 Å². The third-order valence-corrected chi connectivity index (χ3v) is 6.60. The van der Waals surface area contributed by atoms with Crippen molar-refractivity contribution in [1.29, 1.82) is 0 Å². The molecule has 4 rings (SSSR count). The predicted octanol–water partition coefficient (Wildman–Crippen LogP) is 4.02. The number of carbonyl (C=O) groups excluding carboxylic acids is 2. The topological polar surface area (TPSA) is 88.5 Å². The standard InChI is InChI=1S/C29H36N2O6/c1-3-17-37-23-11-9-21(10-12-23)26-25(27(32)22-7-5-8-24(20-22)36-4-2)28(33)29(34)31(26)14-6-13-30-15-18-35-19-16-30/h5,7-12,20,26,32H,3-4,6,13-19H2,1-2H3/b27-25+. The van der Waals surface area contributed by atoms with E-state index in [9.17, 15) is 14.7 Å². The summed E-state index contributed by atoms with van der Waals surface area (Å²) in [5.74, 6) is -0.172. The van der Waals surface area contributed by atoms with Gasteiger partial charge in [-0.25, -0.2) is 0 Å². The van der Waals surface area contributed by atoms with Gasteiger partial charge in [-0.05, 0) is 49.6 Å². The molecule has 8 nitrogen and oxygen atoms in total. The normalized spacial score (nSPS) is 19.8. The lowest BCUT2D eigenvalue weighted by atomic mass is 9.95. The van der Waals surface area contributed by atoms with Crippen molar-refractivity contribution < 1.29 is 28.9 Å². The van der Waals surface area contributed by atoms with Crippen LogP contribution in [-0.2, 0) is 14.3 Å². The van der Waals surface area contributed by atoms with Gasteiger partial charge in [0.25, 0.3) is 11.7 Å². The van der Waals surface area contributed by atoms with Crippen LogP contribution in [0.25, 0.3) is 5.76 Å². The van der Waals surface area contributed by atoms with Gasteiger partial charge in [-0.3, -0.25) is 14.5 Å². The summed E-state index contributed by atoms with van der Waals surface area (Å²) in [6.07, 6.45) is 1.60. The van der Waals surface area contributed by atoms with Crippen LogP contribution in [0.5, 0.6) is 11.5 Å². The number of morpholine rings is 1. The van der Waals surface area contributed by atoms with Crippen LogP contribution in [0.3, 0.4) is 0 Å². The van der Waals surface area contributed by atoms with E-state index >= 15 is 0 Å². The minimum Gasteiger partial charge on any atom is -0.507 e. The molecular formula is C29H36N2O6. The first-order valence-corrected chi connectivity index (χ1v) is 13.1. The second-order valence-corrected chi connectivity index (χ2v) is 9.18. The summed E-state index contributed by atoms with van der Waals surface area (Å²) < 4.78 is 16.7. The molecule has 0 saturated carbocycles. The Kier molecular flexibility index (Phi) is 9.19. The Morgan fingerprint density at radius 3 is 2.46 bits per heavy atom. The van der Waals surface area contributed by atoms with Crippen LogP contribution in [0.4, 0.5) is 0 Å². The predicted molar refractivity (Wildman–Crippen MR) is 141 cm³/mol. The van der Waals surface area contributed by atoms with E-state index in [1.165, 1.54) is 0 Å². The molecule has 2 saturated heterocycles. The van der Waals surface area contributed by atoms with Crippen LogP contribution >= 0.6 is 0 Å². The molecule has 2 fully saturated rings. The minimum absolute atomic E-state index is 0.0900. The molecule has 2 heterocycles. The molecule has 0 spiro atoms. The van der Waals surface area contributed by atoms with Crippen LogP contribution in [0.2, 0.25) is 0 Å². The molecule has 2 aromatic carbocycles. The Hall–Kier alpha value is -3.36. The SMILES string of the molecule is CCCOc1ccc(C2/C(=C(\O)c3cccc(OCC)c3)C(=O)C(=O)N2CCCN2CCOCC2)cc1. The quantitative estimate of drug-likeness (QED) is 0.279. The van der Waals surface area contributed by atoms with Crippen molar-refractivity contribution in [3.05, 3.63) is 65.2 Å². The molecule has 2 aliphatic rings. The van der Waals surface area contributed by atoms with E-state index in [2.05, 4.69) is 4.90 Å². The number of ether oxygens (including phenoxy) is 3. The minimum atomic E-state index is -0.694. The summed E-state index contributed by atoms with van der Waals surface area (Å²) >= 11 is 0. The number of likely N-dealkylation sites (tertiary alicyclic amines) is 1. The Balaban J connectivity index is 1.66. The molecular weight excluding hydrogens is 472 g/mol. The highest BCUT2D eigenvalue weighted by Crippen LogP contribution is 2.40. The monoisotopic (exact) mass is 508 g/mol. The van der Waals surface area contributed by atoms with E-state index in [0.29, 0.717) is 50.7 Å². The summed E-state index contributed by atoms with van der Waals surface area (Å²) in [6.45, 7) is 9.34. The number of nitrogens with zero attached hydrogens (tertiary/aromatic N) is 2. The molecule has 1 unspecified atom stereocenters. The van der Waals surface area contributed by atoms with Gasteiger partial charge in [0, 0.05) is 31.7 Å². The smallest absolute Gasteiger partial charge is 0.295 e. The number of hydrogen-bond acceptors (Lipinski definition) is 7. The number of aliphatic hydroxyl groups excluding tert-OH is 1. The van der Waals surface area contributed by atoms with Crippen molar-refractivity contribution in [3.8, 4) is 11.5 Å². The highest BCUT2D eigenvalue weighted by molar-refractivity contribution is 6.46. The maximum Gasteiger partial charge on any atom is 0.295 e. The maximum atomic E-state index is 13.3. The Morgan fingerprint density at radius 1 is 1.00 bits per heavy atom. The van der Waals surface area contributed by atoms with Crippen molar-refractivity contribution in [2.45, 2.75) is 32.7 Å². The first kappa shape index (κ1) is 26.7. The number of ketones is 1. The lowest BCUT2D eigenvalue weighted by Gasteiger charge is -2.29. The van der Waals surface area contributed by atoms with Crippen molar-refractivity contribution in [2.75, 3.05) is 52.6 Å². The molecule has 0 aromatic heterocycles. The van der Waals surface area contributed by atoms with E-state index in [1.54, 1.807) is 29.2 Å². The fourth-order valence-corrected chi connectivity index (χ4v) is 4.77. The third-order valence-electron chi connectivity index (χ3n) is 6.60. The molecule has 1 N–H and O–H groups in total. The molecule has 1 atom stereocenters. The largest absolute Gasteiger partial charge is 0.507 e. The van der Waals surface area contributed by atoms with Crippen LogP contribution in [0.15, 0.2) is 54.1 Å². The second kappa shape index (κ2) is 12.7. The van der Waals surface area contributed by atoms with Gasteiger partial charge < -0.3 is 24.2 Å². The van der Waals surface area contributed by atoms with E-state index in [1.807, 2.05) is 38.1 Å². The Morgan fingerprint density at radius 2 is 1.76 bits per heavy atom. The van der Waals surface area contributed by atoms with E-state index in [0.717, 1.165) is 37.4 Å². The molecule has 2 aliphatic heterocycles. The van der Waals surface area contributed by atoms with Gasteiger partial charge in [-0.1, -0.05) is 31.2 Å². The third kappa shape index (κ3) is 6.32. The molecule has 2 aromatic rings. The van der Waals surface area contributed by atoms with Crippen LogP contribution in [0, 0.1) is 0 Å². The highest BCUT2D eigenvalue weighted by atomic mass is 16.5. The van der Waals surface area contributed by atoms with E-state index < -0.39 is 17.7 Å². The van der Waals surface area contributed by atoms with E-state index in [-0.39, 0.29) is 11.3 Å². The molecule has 1 amide bonds. The Labute approximate surface area is 218 Å². The molecule has 0 radical (unpaired) electrons. The zero-order valence-corrected chi connectivity index (χ0v) is 21.7. The summed E-state index contributed by atoms with van der Waals surface area (Å²) in [5.41, 5.74) is 1.27. The van der Waals surface area contributed by atoms with Crippen molar-refractivity contribution in [1.82, 2.24) is 9.80 Å². The fraction of sp³-hybridized carbons (Fsp3) is 0.448. The van der Waals surface area contributed by atoms with Crippen LogP contribution in [0.1, 0.15) is 43.9 Å². The second-order valence-electron chi connectivity index (χ2n) is 9.18. The average molecular weight is 509 g/mol. The van der Waals surface area contributed by atoms with Crippen molar-refractivity contribution in [2.24, 2.45) is 0 Å². The number of benzene rings is 2. The van der Waals surface area contributed by atoms with E-state index in [4.69, 9.17) is 14.2 Å². The summed E-state index contributed by atoms with van der Waals surface area (Å²) in [6, 6.07) is 13.7. The number of rotatable bonds is 11. The first-order chi connectivity index (χ1) is 18.0. The lowest BCUT2D eigenvalue weighted by molar-refractivity contribution is -0.140. The molecule has 8 heteroatoms. The van der Waals surface area contributed by atoms with Crippen molar-refractivity contribution in [3.63, 3.8) is 0 Å². The summed E-state index contributed by atoms with van der Waals surface area (Å²) in [5, 5.41) is 11.3. The number of carbonyl (C=O) groups is 2. The summed E-state index contributed by atoms with van der Waals surface area (Å²) in [7, 11) is 0. The summed E-state index contributed by atoms with van der Waals surface area (Å²) in [4.78, 5) is 30.4. The van der Waals surface area contributed by atoms with Gasteiger partial charge in [-0.15, -0.1) is 0 Å². The van der Waals surface area contributed by atoms with Crippen LogP contribution in [-0.4, -0.2) is 79.2 Å². The first-order valence-electron chi connectivity index (χ1n) is 13.1. The number of Topliss-reactive ketones (excluding diaryl/α,β-unsaturated/α-hetero) is 1. The van der Waals surface area contributed by atoms with Gasteiger partial charge in [0.2, 0.25) is 0 Å². The van der Waals surface area contributed by atoms with Gasteiger partial charge >= 0.3 is 0 Å². The molecule has 37 heavy (non-hydrogen) atoms. The fourth-order valence-electron chi connectivity index (χ4n) is 4.77. The van der Waals surface area contributed by atoms with Gasteiger partial charge in [-0.2, -0.15) is 0 Å². The number of amides is 1. The molecule has 198 valence electrons. The number of aliphatic hydroxyl groups is 1. The average Bonchev–Trinajstić information content (AvgIpc) is 3.18. The van der Waals surface area contributed by atoms with Gasteiger partial charge in [0.05, 0.1) is 38.0 Å². The number of hydrogen-bond donors (Lipinski definition) is 1. The van der Waals surface area contributed by atoms with Crippen LogP contribution < -0.4 is 9.47 Å². The van der Waals surface area contributed by atoms with Gasteiger partial charge in [0.1, 0.15) is 17.3 Å². The van der Waals surface area contributed by atoms with Gasteiger partial charge in [0.15, 0.2) is 0 Å². The molecule has 0 aliphatic carbocycles. The maximum absolute atomic E-state index is 13.3. The molecule has 0 bridgehead atoms. The highest BCUT2D eigenvalue weighted by Gasteiger charge is 2.45. The zero-order chi connectivity index (χ0) is 26.2. The zero-order valence-electron chi connectivity index (χ0n) is 21.7. The Bertz CT molecular complexity index is 1110.